The summed E-state index contributed by atoms with van der Waals surface area (Å²) < 4.78 is 10.6. The largest absolute Gasteiger partial charge is 0.367 e. The fourth-order valence-electron chi connectivity index (χ4n) is 1.82. The zero-order valence-corrected chi connectivity index (χ0v) is 4.76. The van der Waals surface area contributed by atoms with Crippen molar-refractivity contribution in [3.8, 4) is 0 Å². The summed E-state index contributed by atoms with van der Waals surface area (Å²) in [5.41, 5.74) is 0.258. The number of ether oxygens (including phenoxy) is 2. The summed E-state index contributed by atoms with van der Waals surface area (Å²) in [5, 5.41) is 0. The lowest BCUT2D eigenvalue weighted by Gasteiger charge is -1.95. The smallest absolute Gasteiger partial charge is 0.116 e. The maximum absolute atomic E-state index is 5.37. The van der Waals surface area contributed by atoms with Crippen LogP contribution in [0.5, 0.6) is 0 Å². The summed E-state index contributed by atoms with van der Waals surface area (Å²) in [4.78, 5) is 0. The van der Waals surface area contributed by atoms with Crippen LogP contribution in [0.15, 0.2) is 0 Å². The first-order valence-electron chi connectivity index (χ1n) is 3.13. The minimum Gasteiger partial charge on any atom is -0.367 e. The molecule has 0 aromatic heterocycles. The molecule has 2 heterocycles. The van der Waals surface area contributed by atoms with Crippen molar-refractivity contribution in [3.63, 3.8) is 0 Å². The van der Waals surface area contributed by atoms with Crippen molar-refractivity contribution in [1.29, 1.82) is 0 Å². The van der Waals surface area contributed by atoms with Gasteiger partial charge >= 0.3 is 0 Å². The maximum atomic E-state index is 5.37. The molecule has 0 radical (unpaired) electrons. The summed E-state index contributed by atoms with van der Waals surface area (Å²) in [6.45, 7) is 2.17. The van der Waals surface area contributed by atoms with Crippen molar-refractivity contribution in [2.75, 3.05) is 0 Å². The van der Waals surface area contributed by atoms with Gasteiger partial charge in [-0.2, -0.15) is 0 Å². The number of rotatable bonds is 0. The Bertz CT molecular complexity index is 157. The molecular formula is C6H8O2. The van der Waals surface area contributed by atoms with Crippen LogP contribution in [0.25, 0.3) is 0 Å². The standard InChI is InChI=1S/C6H8O2/c1-6-2-3-4(7-3)5(6)8-6/h3-5H,2H2,1H3. The Labute approximate surface area is 47.8 Å². The second kappa shape index (κ2) is 0.755. The summed E-state index contributed by atoms with van der Waals surface area (Å²) in [6, 6.07) is 0. The van der Waals surface area contributed by atoms with E-state index in [1.165, 1.54) is 0 Å². The summed E-state index contributed by atoms with van der Waals surface area (Å²) in [7, 11) is 0. The van der Waals surface area contributed by atoms with Gasteiger partial charge in [-0.15, -0.1) is 0 Å². The van der Waals surface area contributed by atoms with Crippen molar-refractivity contribution in [1.82, 2.24) is 0 Å². The number of hydrogen-bond acceptors (Lipinski definition) is 2. The molecular weight excluding hydrogens is 104 g/mol. The molecule has 4 unspecified atom stereocenters. The van der Waals surface area contributed by atoms with Crippen LogP contribution in [0.2, 0.25) is 0 Å². The van der Waals surface area contributed by atoms with Crippen LogP contribution in [0, 0.1) is 0 Å². The van der Waals surface area contributed by atoms with Crippen LogP contribution >= 0.6 is 0 Å². The molecule has 0 aromatic rings. The fourth-order valence-corrected chi connectivity index (χ4v) is 1.82. The monoisotopic (exact) mass is 112 g/mol. The van der Waals surface area contributed by atoms with Crippen LogP contribution in [-0.2, 0) is 9.47 Å². The minimum absolute atomic E-state index is 0.258. The summed E-state index contributed by atoms with van der Waals surface area (Å²) in [5.74, 6) is 0. The Morgan fingerprint density at radius 2 is 2.50 bits per heavy atom. The normalized spacial score (nSPS) is 73.9. The highest BCUT2D eigenvalue weighted by Crippen LogP contribution is 2.58. The Hall–Kier alpha value is -0.0800. The van der Waals surface area contributed by atoms with E-state index < -0.39 is 0 Å². The third-order valence-corrected chi connectivity index (χ3v) is 2.47. The zero-order valence-electron chi connectivity index (χ0n) is 4.76. The van der Waals surface area contributed by atoms with Gasteiger partial charge in [-0.1, -0.05) is 0 Å². The predicted molar refractivity (Wildman–Crippen MR) is 26.6 cm³/mol. The molecule has 4 atom stereocenters. The number of hydrogen-bond donors (Lipinski definition) is 0. The van der Waals surface area contributed by atoms with Crippen LogP contribution < -0.4 is 0 Å². The quantitative estimate of drug-likeness (QED) is 0.421. The molecule has 8 heavy (non-hydrogen) atoms. The molecule has 0 N–H and O–H groups in total. The highest BCUT2D eigenvalue weighted by atomic mass is 16.7. The van der Waals surface area contributed by atoms with E-state index in [9.17, 15) is 0 Å². The summed E-state index contributed by atoms with van der Waals surface area (Å²) >= 11 is 0. The van der Waals surface area contributed by atoms with E-state index in [4.69, 9.17) is 9.47 Å². The van der Waals surface area contributed by atoms with E-state index in [-0.39, 0.29) is 5.60 Å². The van der Waals surface area contributed by atoms with Gasteiger partial charge in [-0.05, 0) is 6.92 Å². The molecule has 1 saturated carbocycles. The lowest BCUT2D eigenvalue weighted by molar-refractivity contribution is 0.278. The van der Waals surface area contributed by atoms with E-state index in [1.807, 2.05) is 0 Å². The van der Waals surface area contributed by atoms with Gasteiger partial charge in [-0.25, -0.2) is 0 Å². The molecule has 3 rings (SSSR count). The van der Waals surface area contributed by atoms with E-state index >= 15 is 0 Å². The lowest BCUT2D eigenvalue weighted by Crippen LogP contribution is -2.06. The van der Waals surface area contributed by atoms with Gasteiger partial charge in [0.15, 0.2) is 0 Å². The van der Waals surface area contributed by atoms with Crippen molar-refractivity contribution in [2.45, 2.75) is 37.3 Å². The Balaban J connectivity index is 2.00. The first-order chi connectivity index (χ1) is 3.80. The van der Waals surface area contributed by atoms with Crippen LogP contribution in [-0.4, -0.2) is 23.9 Å². The topological polar surface area (TPSA) is 25.1 Å². The van der Waals surface area contributed by atoms with Crippen molar-refractivity contribution in [2.24, 2.45) is 0 Å². The second-order valence-corrected chi connectivity index (χ2v) is 3.19. The fraction of sp³-hybridized carbons (Fsp3) is 1.00. The SMILES string of the molecule is CC12CC3OC3C1O2. The Kier molecular flexibility index (Phi) is 0.364. The minimum atomic E-state index is 0.258. The molecule has 3 aliphatic rings. The molecule has 0 aromatic carbocycles. The molecule has 3 fully saturated rings. The second-order valence-electron chi connectivity index (χ2n) is 3.19. The van der Waals surface area contributed by atoms with Gasteiger partial charge < -0.3 is 9.47 Å². The Morgan fingerprint density at radius 1 is 1.62 bits per heavy atom. The van der Waals surface area contributed by atoms with Gasteiger partial charge in [0.05, 0.1) is 11.7 Å². The van der Waals surface area contributed by atoms with Gasteiger partial charge in [-0.3, -0.25) is 0 Å². The highest BCUT2D eigenvalue weighted by molar-refractivity contribution is 5.20. The highest BCUT2D eigenvalue weighted by Gasteiger charge is 2.73. The van der Waals surface area contributed by atoms with Gasteiger partial charge in [0, 0.05) is 6.42 Å². The zero-order chi connectivity index (χ0) is 5.35. The van der Waals surface area contributed by atoms with E-state index in [0.29, 0.717) is 18.3 Å². The van der Waals surface area contributed by atoms with Crippen molar-refractivity contribution >= 4 is 0 Å². The van der Waals surface area contributed by atoms with Crippen molar-refractivity contribution in [3.05, 3.63) is 0 Å². The third kappa shape index (κ3) is 0.250. The molecule has 0 bridgehead atoms. The molecule has 2 heteroatoms. The lowest BCUT2D eigenvalue weighted by atomic mass is 10.1. The van der Waals surface area contributed by atoms with E-state index in [2.05, 4.69) is 6.92 Å². The van der Waals surface area contributed by atoms with Crippen LogP contribution in [0.1, 0.15) is 13.3 Å². The third-order valence-electron chi connectivity index (χ3n) is 2.47. The maximum Gasteiger partial charge on any atom is 0.116 e. The molecule has 44 valence electrons. The Morgan fingerprint density at radius 3 is 2.88 bits per heavy atom. The first kappa shape index (κ1) is 3.85. The van der Waals surface area contributed by atoms with E-state index in [0.717, 1.165) is 6.42 Å². The van der Waals surface area contributed by atoms with E-state index in [1.54, 1.807) is 0 Å². The molecule has 1 aliphatic carbocycles. The predicted octanol–water partition coefficient (Wildman–Crippen LogP) is 0.315. The average molecular weight is 112 g/mol. The van der Waals surface area contributed by atoms with Crippen LogP contribution in [0.3, 0.4) is 0 Å². The first-order valence-corrected chi connectivity index (χ1v) is 3.13. The number of fused-ring (bicyclic) bond motifs is 3. The van der Waals surface area contributed by atoms with Crippen LogP contribution in [0.4, 0.5) is 0 Å². The molecule has 2 nitrogen and oxygen atoms in total. The van der Waals surface area contributed by atoms with Crippen molar-refractivity contribution < 1.29 is 9.47 Å². The molecule has 2 saturated heterocycles. The number of epoxide rings is 2. The van der Waals surface area contributed by atoms with Gasteiger partial charge in [0.25, 0.3) is 0 Å². The molecule has 0 amide bonds. The molecule has 0 spiro atoms. The summed E-state index contributed by atoms with van der Waals surface area (Å²) in [6.07, 6.45) is 2.70. The average Bonchev–Trinajstić information content (AvgIpc) is 2.50. The molecule has 2 aliphatic heterocycles. The van der Waals surface area contributed by atoms with Gasteiger partial charge in [0.2, 0.25) is 0 Å². The van der Waals surface area contributed by atoms with Gasteiger partial charge in [0.1, 0.15) is 12.2 Å².